The number of ether oxygens (including phenoxy) is 2. The van der Waals surface area contributed by atoms with E-state index < -0.39 is 5.60 Å². The average Bonchev–Trinajstić information content (AvgIpc) is 3.99. The molecule has 1 aromatic carbocycles. The monoisotopic (exact) mass is 854 g/mol. The number of benzene rings is 1. The van der Waals surface area contributed by atoms with Crippen molar-refractivity contribution >= 4 is 114 Å². The molecule has 270 valence electrons. The van der Waals surface area contributed by atoms with Crippen LogP contribution in [-0.4, -0.2) is 8.75 Å². The molecule has 0 saturated carbocycles. The summed E-state index contributed by atoms with van der Waals surface area (Å²) in [5, 5.41) is 4.31. The summed E-state index contributed by atoms with van der Waals surface area (Å²) in [7, 11) is 0. The molecule has 8 aromatic rings. The van der Waals surface area contributed by atoms with E-state index in [0.717, 1.165) is 67.6 Å². The molecule has 0 atom stereocenters. The average molecular weight is 855 g/mol. The third-order valence-corrected chi connectivity index (χ3v) is 18.6. The van der Waals surface area contributed by atoms with Crippen LogP contribution in [0.15, 0.2) is 55.9 Å². The van der Waals surface area contributed by atoms with Crippen LogP contribution in [0.1, 0.15) is 63.8 Å². The Kier molecular flexibility index (Phi) is 7.60. The van der Waals surface area contributed by atoms with E-state index in [2.05, 4.69) is 88.7 Å². The first-order valence-corrected chi connectivity index (χ1v) is 24.1. The molecule has 7 aromatic heterocycles. The van der Waals surface area contributed by atoms with Gasteiger partial charge in [0.25, 0.3) is 0 Å². The highest BCUT2D eigenvalue weighted by molar-refractivity contribution is 7.58. The van der Waals surface area contributed by atoms with Gasteiger partial charge in [-0.2, -0.15) is 17.5 Å². The van der Waals surface area contributed by atoms with E-state index in [0.29, 0.717) is 0 Å². The van der Waals surface area contributed by atoms with E-state index in [4.69, 9.17) is 26.9 Å². The van der Waals surface area contributed by atoms with E-state index >= 15 is 0 Å². The van der Waals surface area contributed by atoms with Gasteiger partial charge in [0, 0.05) is 57.6 Å². The van der Waals surface area contributed by atoms with Crippen LogP contribution in [0.4, 0.5) is 11.4 Å². The molecule has 0 aliphatic carbocycles. The van der Waals surface area contributed by atoms with Crippen LogP contribution in [0.2, 0.25) is 0 Å². The number of nitrogens with zero attached hydrogens (tertiary/aromatic N) is 4. The van der Waals surface area contributed by atoms with Crippen LogP contribution in [0, 0.1) is 0 Å². The van der Waals surface area contributed by atoms with Crippen LogP contribution >= 0.6 is 79.7 Å². The Labute approximate surface area is 344 Å². The van der Waals surface area contributed by atoms with Crippen molar-refractivity contribution in [1.29, 1.82) is 0 Å². The number of aryl methyl sites for hydroxylation is 2. The van der Waals surface area contributed by atoms with Crippen LogP contribution < -0.4 is 9.47 Å². The summed E-state index contributed by atoms with van der Waals surface area (Å²) < 4.78 is 32.9. The third kappa shape index (κ3) is 4.87. The predicted molar refractivity (Wildman–Crippen MR) is 235 cm³/mol. The Morgan fingerprint density at radius 2 is 1.11 bits per heavy atom. The third-order valence-electron chi connectivity index (χ3n) is 10.4. The van der Waals surface area contributed by atoms with Crippen molar-refractivity contribution < 1.29 is 9.47 Å². The zero-order valence-corrected chi connectivity index (χ0v) is 36.4. The molecule has 0 spiro atoms. The van der Waals surface area contributed by atoms with E-state index in [-0.39, 0.29) is 5.60 Å². The first-order valence-electron chi connectivity index (χ1n) is 17.6. The Morgan fingerprint density at radius 3 is 1.78 bits per heavy atom. The fraction of sp³-hybridized carbons (Fsp3) is 0.250. The van der Waals surface area contributed by atoms with Gasteiger partial charge in [-0.25, -0.2) is 0 Å². The van der Waals surface area contributed by atoms with E-state index in [1.165, 1.54) is 84.4 Å². The number of hydrogen-bond acceptors (Lipinski definition) is 13. The predicted octanol–water partition coefficient (Wildman–Crippen LogP) is 15.2. The lowest BCUT2D eigenvalue weighted by Crippen LogP contribution is -2.27. The maximum Gasteiger partial charge on any atom is 0.140 e. The summed E-state index contributed by atoms with van der Waals surface area (Å²) in [6, 6.07) is 13.6. The summed E-state index contributed by atoms with van der Waals surface area (Å²) in [6.45, 7) is 13.1. The van der Waals surface area contributed by atoms with Crippen molar-refractivity contribution in [3.8, 4) is 71.4 Å². The molecule has 3 aliphatic heterocycles. The van der Waals surface area contributed by atoms with E-state index in [1.54, 1.807) is 22.7 Å². The number of fused-ring (bicyclic) bond motifs is 8. The van der Waals surface area contributed by atoms with Gasteiger partial charge in [0.2, 0.25) is 0 Å². The quantitative estimate of drug-likeness (QED) is 0.167. The van der Waals surface area contributed by atoms with Crippen LogP contribution in [0.5, 0.6) is 11.5 Å². The van der Waals surface area contributed by atoms with Gasteiger partial charge in [0.1, 0.15) is 45.1 Å². The first kappa shape index (κ1) is 34.0. The minimum Gasteiger partial charge on any atom is -0.482 e. The molecule has 0 saturated heterocycles. The molecule has 11 rings (SSSR count). The molecule has 0 unspecified atom stereocenters. The molecular weight excluding hydrogens is 825 g/mol. The summed E-state index contributed by atoms with van der Waals surface area (Å²) in [4.78, 5) is 12.5. The van der Waals surface area contributed by atoms with Crippen LogP contribution in [-0.2, 0) is 35.4 Å². The largest absolute Gasteiger partial charge is 0.482 e. The highest BCUT2D eigenvalue weighted by Crippen LogP contribution is 2.59. The second-order valence-corrected chi connectivity index (χ2v) is 21.6. The molecule has 54 heavy (non-hydrogen) atoms. The lowest BCUT2D eigenvalue weighted by molar-refractivity contribution is 0.107. The van der Waals surface area contributed by atoms with E-state index in [1.807, 2.05) is 45.3 Å². The van der Waals surface area contributed by atoms with Crippen molar-refractivity contribution in [3.63, 3.8) is 0 Å². The van der Waals surface area contributed by atoms with Crippen molar-refractivity contribution in [1.82, 2.24) is 8.75 Å². The van der Waals surface area contributed by atoms with Gasteiger partial charge in [-0.15, -0.1) is 68.0 Å². The van der Waals surface area contributed by atoms with Gasteiger partial charge in [-0.05, 0) is 92.8 Å². The summed E-state index contributed by atoms with van der Waals surface area (Å²) in [6.07, 6.45) is 1.84. The van der Waals surface area contributed by atoms with Crippen molar-refractivity contribution in [2.75, 3.05) is 0 Å². The molecule has 0 bridgehead atoms. The van der Waals surface area contributed by atoms with Gasteiger partial charge in [-0.1, -0.05) is 13.8 Å². The van der Waals surface area contributed by atoms with Crippen molar-refractivity contribution in [3.05, 3.63) is 69.4 Å². The van der Waals surface area contributed by atoms with Crippen LogP contribution in [0.25, 0.3) is 70.9 Å². The molecule has 6 nitrogen and oxygen atoms in total. The molecule has 10 heterocycles. The molecule has 0 amide bonds. The minimum absolute atomic E-state index is 0.354. The Hall–Kier alpha value is -3.34. The van der Waals surface area contributed by atoms with Gasteiger partial charge in [0.15, 0.2) is 0 Å². The Bertz CT molecular complexity index is 2930. The SMILES string of the molecule is CCc1cc(-c2c3c(c(-c4cc(CC)c(-c5cc6c(s5)-c5sccc5OC6(C)C)s4)c4nsnc24)N=S=N3)sc1-c1cc2c(s1)-c1sccc1C(C)(C)O2. The Balaban J connectivity index is 1.04. The maximum absolute atomic E-state index is 6.59. The molecule has 0 fully saturated rings. The van der Waals surface area contributed by atoms with Crippen molar-refractivity contribution in [2.45, 2.75) is 65.6 Å². The van der Waals surface area contributed by atoms with Gasteiger partial charge in [0.05, 0.1) is 42.6 Å². The van der Waals surface area contributed by atoms with E-state index in [9.17, 15) is 0 Å². The normalized spacial score (nSPS) is 15.7. The molecule has 3 aliphatic rings. The number of rotatable bonds is 6. The second kappa shape index (κ2) is 12.1. The number of hydrogen-bond donors (Lipinski definition) is 0. The Morgan fingerprint density at radius 1 is 0.556 bits per heavy atom. The smallest absolute Gasteiger partial charge is 0.140 e. The van der Waals surface area contributed by atoms with Gasteiger partial charge in [-0.3, -0.25) is 0 Å². The summed E-state index contributed by atoms with van der Waals surface area (Å²) in [5.74, 6) is 1.96. The first-order chi connectivity index (χ1) is 26.1. The van der Waals surface area contributed by atoms with Gasteiger partial charge >= 0.3 is 0 Å². The molecule has 0 N–H and O–H groups in total. The highest BCUT2D eigenvalue weighted by Gasteiger charge is 2.38. The number of aromatic nitrogens is 2. The van der Waals surface area contributed by atoms with Crippen molar-refractivity contribution in [2.24, 2.45) is 8.73 Å². The highest BCUT2D eigenvalue weighted by atomic mass is 32.1. The molecule has 0 radical (unpaired) electrons. The number of thiophene rings is 6. The molecule has 14 heteroatoms. The zero-order valence-electron chi connectivity index (χ0n) is 29.9. The molecular formula is C40H30N4O2S8. The van der Waals surface area contributed by atoms with Crippen LogP contribution in [0.3, 0.4) is 0 Å². The second-order valence-electron chi connectivity index (χ2n) is 14.5. The maximum atomic E-state index is 6.59. The lowest BCUT2D eigenvalue weighted by atomic mass is 9.95. The minimum atomic E-state index is -0.391. The van der Waals surface area contributed by atoms with Gasteiger partial charge < -0.3 is 9.47 Å². The fourth-order valence-corrected chi connectivity index (χ4v) is 16.4. The fourth-order valence-electron chi connectivity index (χ4n) is 7.77. The zero-order chi connectivity index (χ0) is 36.7. The summed E-state index contributed by atoms with van der Waals surface area (Å²) in [5.41, 5.74) is 10.1. The topological polar surface area (TPSA) is 69.0 Å². The lowest BCUT2D eigenvalue weighted by Gasteiger charge is -2.31. The summed E-state index contributed by atoms with van der Waals surface area (Å²) >= 11 is 13.5. The standard InChI is InChI=1S/C40H30N4O2S8/c1-7-17-13-23(49-33(17)25-15-20-36(51-25)37-21(10-12-48-37)45-40(20,5)6)27-29-31(43-53-41-29)28(32-30(27)42-54-44-32)24-14-18(8-2)34(50-24)26-16-22-38(52-26)35-19(9-11-47-35)39(3,4)46-22/h9-16H,7-8H2,1-6H3.